The van der Waals surface area contributed by atoms with Gasteiger partial charge in [0.25, 0.3) is 0 Å². The molecule has 0 fully saturated rings. The summed E-state index contributed by atoms with van der Waals surface area (Å²) >= 11 is 1.41. The number of hydrogen-bond donors (Lipinski definition) is 1. The van der Waals surface area contributed by atoms with Crippen molar-refractivity contribution in [1.29, 1.82) is 5.26 Å². The first-order valence-corrected chi connectivity index (χ1v) is 8.62. The molecule has 0 bridgehead atoms. The number of thiophene rings is 1. The van der Waals surface area contributed by atoms with Crippen LogP contribution >= 0.6 is 11.3 Å². The zero-order chi connectivity index (χ0) is 18.3. The van der Waals surface area contributed by atoms with Crippen molar-refractivity contribution in [3.05, 3.63) is 60.3 Å². The minimum Gasteiger partial charge on any atom is -0.368 e. The van der Waals surface area contributed by atoms with Crippen LogP contribution in [-0.4, -0.2) is 21.5 Å². The van der Waals surface area contributed by atoms with E-state index in [1.807, 2.05) is 54.6 Å². The number of amides is 1. The maximum atomic E-state index is 12.8. The molecule has 1 amide bonds. The summed E-state index contributed by atoms with van der Waals surface area (Å²) in [6, 6.07) is 18.8. The van der Waals surface area contributed by atoms with Gasteiger partial charge in [0, 0.05) is 10.1 Å². The number of rotatable bonds is 4. The smallest absolute Gasteiger partial charge is 0.242 e. The molecule has 0 aliphatic heterocycles. The molecule has 0 aliphatic carbocycles. The first-order valence-electron chi connectivity index (χ1n) is 7.80. The summed E-state index contributed by atoms with van der Waals surface area (Å²) < 4.78 is 3.31. The van der Waals surface area contributed by atoms with E-state index in [1.165, 1.54) is 11.3 Å². The Morgan fingerprint density at radius 3 is 2.50 bits per heavy atom. The summed E-state index contributed by atoms with van der Waals surface area (Å²) in [5.74, 6) is -3.20. The van der Waals surface area contributed by atoms with Crippen LogP contribution in [0.1, 0.15) is 10.5 Å². The molecule has 6 nitrogen and oxygen atoms in total. The number of Topliss-reactive ketones (excluding diaryl/α,β-unsaturated/α-hetero) is 1. The largest absolute Gasteiger partial charge is 0.368 e. The summed E-state index contributed by atoms with van der Waals surface area (Å²) in [4.78, 5) is 24.2. The molecule has 0 aliphatic rings. The summed E-state index contributed by atoms with van der Waals surface area (Å²) in [5.41, 5.74) is 6.87. The van der Waals surface area contributed by atoms with E-state index >= 15 is 0 Å². The molecule has 1 atom stereocenters. The Kier molecular flexibility index (Phi) is 3.75. The van der Waals surface area contributed by atoms with Crippen molar-refractivity contribution in [2.45, 2.75) is 0 Å². The number of carbonyl (C=O) groups excluding carboxylic acids is 2. The van der Waals surface area contributed by atoms with E-state index in [0.29, 0.717) is 4.70 Å². The lowest BCUT2D eigenvalue weighted by atomic mass is 10.0. The van der Waals surface area contributed by atoms with E-state index in [-0.39, 0.29) is 5.69 Å². The van der Waals surface area contributed by atoms with Gasteiger partial charge in [0.15, 0.2) is 5.92 Å². The average Bonchev–Trinajstić information content (AvgIpc) is 3.20. The van der Waals surface area contributed by atoms with E-state index in [4.69, 9.17) is 11.0 Å². The molecule has 0 saturated heterocycles. The normalized spacial score (nSPS) is 12.1. The van der Waals surface area contributed by atoms with Gasteiger partial charge in [-0.25, -0.2) is 4.68 Å². The quantitative estimate of drug-likeness (QED) is 0.446. The third kappa shape index (κ3) is 2.36. The summed E-state index contributed by atoms with van der Waals surface area (Å²) in [6.07, 6.45) is 0. The van der Waals surface area contributed by atoms with Gasteiger partial charge in [0.05, 0.1) is 22.0 Å². The minimum absolute atomic E-state index is 0.0930. The average molecular weight is 360 g/mol. The molecule has 4 aromatic rings. The molecule has 0 radical (unpaired) electrons. The first-order chi connectivity index (χ1) is 12.6. The number of nitrogens with zero attached hydrogens (tertiary/aromatic N) is 3. The Morgan fingerprint density at radius 1 is 1.12 bits per heavy atom. The lowest BCUT2D eigenvalue weighted by molar-refractivity contribution is -0.119. The highest BCUT2D eigenvalue weighted by Gasteiger charge is 2.31. The predicted molar refractivity (Wildman–Crippen MR) is 99.1 cm³/mol. The Balaban J connectivity index is 2.05. The van der Waals surface area contributed by atoms with E-state index in [2.05, 4.69) is 5.10 Å². The van der Waals surface area contributed by atoms with Gasteiger partial charge in [0.2, 0.25) is 11.7 Å². The van der Waals surface area contributed by atoms with Crippen molar-refractivity contribution in [3.63, 3.8) is 0 Å². The van der Waals surface area contributed by atoms with Crippen LogP contribution in [0.3, 0.4) is 0 Å². The highest BCUT2D eigenvalue weighted by molar-refractivity contribution is 7.26. The number of primary amides is 1. The number of benzene rings is 2. The van der Waals surface area contributed by atoms with Crippen LogP contribution in [0, 0.1) is 17.2 Å². The zero-order valence-corrected chi connectivity index (χ0v) is 14.2. The van der Waals surface area contributed by atoms with Crippen LogP contribution in [0.4, 0.5) is 0 Å². The summed E-state index contributed by atoms with van der Waals surface area (Å²) in [6.45, 7) is 0. The van der Waals surface area contributed by atoms with Crippen LogP contribution in [-0.2, 0) is 4.79 Å². The van der Waals surface area contributed by atoms with Crippen LogP contribution in [0.5, 0.6) is 0 Å². The second-order valence-electron chi connectivity index (χ2n) is 5.70. The monoisotopic (exact) mass is 360 g/mol. The van der Waals surface area contributed by atoms with Gasteiger partial charge in [-0.05, 0) is 18.2 Å². The van der Waals surface area contributed by atoms with Gasteiger partial charge < -0.3 is 5.73 Å². The molecule has 4 rings (SSSR count). The number of nitriles is 1. The Labute approximate surface area is 152 Å². The van der Waals surface area contributed by atoms with Crippen LogP contribution in [0.15, 0.2) is 54.6 Å². The maximum absolute atomic E-state index is 12.8. The van der Waals surface area contributed by atoms with E-state index < -0.39 is 17.6 Å². The first kappa shape index (κ1) is 16.0. The number of para-hydroxylation sites is 1. The highest BCUT2D eigenvalue weighted by atomic mass is 32.1. The molecule has 126 valence electrons. The lowest BCUT2D eigenvalue weighted by Gasteiger charge is -2.03. The molecule has 2 aromatic heterocycles. The van der Waals surface area contributed by atoms with Crippen molar-refractivity contribution >= 4 is 43.3 Å². The molecular formula is C19H12N4O2S. The molecule has 0 saturated carbocycles. The van der Waals surface area contributed by atoms with Gasteiger partial charge >= 0.3 is 0 Å². The van der Waals surface area contributed by atoms with Crippen molar-refractivity contribution in [3.8, 4) is 11.8 Å². The number of hydrogen-bond acceptors (Lipinski definition) is 5. The molecule has 0 spiro atoms. The number of carbonyl (C=O) groups is 2. The minimum atomic E-state index is -1.55. The van der Waals surface area contributed by atoms with Crippen LogP contribution in [0.2, 0.25) is 0 Å². The van der Waals surface area contributed by atoms with E-state index in [0.717, 1.165) is 21.3 Å². The number of aromatic nitrogens is 2. The highest BCUT2D eigenvalue weighted by Crippen LogP contribution is 2.37. The molecule has 2 heterocycles. The van der Waals surface area contributed by atoms with Crippen molar-refractivity contribution in [2.75, 3.05) is 0 Å². The fourth-order valence-corrected chi connectivity index (χ4v) is 4.08. The maximum Gasteiger partial charge on any atom is 0.242 e. The summed E-state index contributed by atoms with van der Waals surface area (Å²) in [5, 5.41) is 14.6. The molecule has 2 aromatic carbocycles. The molecule has 1 unspecified atom stereocenters. The second kappa shape index (κ2) is 6.10. The summed E-state index contributed by atoms with van der Waals surface area (Å²) in [7, 11) is 0. The zero-order valence-electron chi connectivity index (χ0n) is 13.4. The number of nitrogens with two attached hydrogens (primary N) is 1. The fourth-order valence-electron chi connectivity index (χ4n) is 2.90. The van der Waals surface area contributed by atoms with Crippen LogP contribution in [0.25, 0.3) is 26.0 Å². The number of ketones is 1. The Bertz CT molecular complexity index is 1200. The third-order valence-electron chi connectivity index (χ3n) is 4.11. The SMILES string of the molecule is N#CC(C(N)=O)C(=O)c1nn(-c2ccccc2)c2c1sc1ccccc12. The standard InChI is InChI=1S/C19H12N4O2S/c20-10-13(19(21)25)17(24)15-18-16(12-8-4-5-9-14(12)26-18)23(22-15)11-6-2-1-3-7-11/h1-9,13H,(H2,21,25). The van der Waals surface area contributed by atoms with Gasteiger partial charge in [-0.15, -0.1) is 11.3 Å². The van der Waals surface area contributed by atoms with Crippen molar-refractivity contribution in [2.24, 2.45) is 11.7 Å². The fraction of sp³-hybridized carbons (Fsp3) is 0.0526. The van der Waals surface area contributed by atoms with E-state index in [9.17, 15) is 9.59 Å². The molecule has 26 heavy (non-hydrogen) atoms. The van der Waals surface area contributed by atoms with Gasteiger partial charge in [-0.1, -0.05) is 36.4 Å². The van der Waals surface area contributed by atoms with Gasteiger partial charge in [-0.2, -0.15) is 10.4 Å². The van der Waals surface area contributed by atoms with Crippen LogP contribution < -0.4 is 5.73 Å². The van der Waals surface area contributed by atoms with Crippen molar-refractivity contribution in [1.82, 2.24) is 9.78 Å². The lowest BCUT2D eigenvalue weighted by Crippen LogP contribution is -2.29. The third-order valence-corrected chi connectivity index (χ3v) is 5.27. The van der Waals surface area contributed by atoms with Crippen molar-refractivity contribution < 1.29 is 9.59 Å². The van der Waals surface area contributed by atoms with Gasteiger partial charge in [0.1, 0.15) is 5.69 Å². The van der Waals surface area contributed by atoms with Gasteiger partial charge in [-0.3, -0.25) is 9.59 Å². The molecule has 7 heteroatoms. The topological polar surface area (TPSA) is 102 Å². The molecule has 2 N–H and O–H groups in total. The second-order valence-corrected chi connectivity index (χ2v) is 6.75. The van der Waals surface area contributed by atoms with E-state index in [1.54, 1.807) is 10.8 Å². The Hall–Kier alpha value is -3.50. The number of fused-ring (bicyclic) bond motifs is 3. The molecular weight excluding hydrogens is 348 g/mol. The Morgan fingerprint density at radius 2 is 1.81 bits per heavy atom. The predicted octanol–water partition coefficient (Wildman–Crippen LogP) is 3.05.